The van der Waals surface area contributed by atoms with Gasteiger partial charge in [-0.15, -0.1) is 0 Å². The fourth-order valence-corrected chi connectivity index (χ4v) is 2.15. The number of carbonyl (C=O) groups excluding carboxylic acids is 2. The van der Waals surface area contributed by atoms with Crippen LogP contribution in [-0.2, 0) is 9.59 Å². The van der Waals surface area contributed by atoms with Crippen LogP contribution in [0.2, 0.25) is 5.02 Å². The van der Waals surface area contributed by atoms with Gasteiger partial charge in [0.25, 0.3) is 5.69 Å². The van der Waals surface area contributed by atoms with Gasteiger partial charge in [-0.2, -0.15) is 5.10 Å². The van der Waals surface area contributed by atoms with E-state index < -0.39 is 16.7 Å². The molecule has 2 aromatic rings. The summed E-state index contributed by atoms with van der Waals surface area (Å²) in [7, 11) is 0. The molecule has 2 rings (SSSR count). The number of para-hydroxylation sites is 1. The standard InChI is InChI=1S/C16H13ClN4O4/c1-10-8-12(17)6-7-13(10)19-15(22)16(23)20-18-9-11-4-2-3-5-14(11)21(24)25/h2-9H,1H3,(H,19,22)(H,20,23)/b18-9+. The van der Waals surface area contributed by atoms with Crippen LogP contribution in [0.15, 0.2) is 47.6 Å². The van der Waals surface area contributed by atoms with Gasteiger partial charge in [0.15, 0.2) is 0 Å². The molecule has 0 aliphatic rings. The number of nitrogens with one attached hydrogen (secondary N) is 2. The SMILES string of the molecule is Cc1cc(Cl)ccc1NC(=O)C(=O)N/N=C/c1ccccc1[N+](=O)[O-]. The summed E-state index contributed by atoms with van der Waals surface area (Å²) in [6, 6.07) is 10.7. The van der Waals surface area contributed by atoms with E-state index in [1.807, 2.05) is 5.43 Å². The van der Waals surface area contributed by atoms with Crippen LogP contribution in [0, 0.1) is 17.0 Å². The maximum Gasteiger partial charge on any atom is 0.329 e. The van der Waals surface area contributed by atoms with Crippen molar-refractivity contribution in [3.63, 3.8) is 0 Å². The fourth-order valence-electron chi connectivity index (χ4n) is 1.92. The molecule has 0 unspecified atom stereocenters. The van der Waals surface area contributed by atoms with Crippen LogP contribution < -0.4 is 10.7 Å². The van der Waals surface area contributed by atoms with Crippen molar-refractivity contribution in [3.05, 3.63) is 68.7 Å². The van der Waals surface area contributed by atoms with E-state index in [4.69, 9.17) is 11.6 Å². The van der Waals surface area contributed by atoms with E-state index in [1.54, 1.807) is 31.2 Å². The van der Waals surface area contributed by atoms with Crippen LogP contribution >= 0.6 is 11.6 Å². The second kappa shape index (κ2) is 8.02. The maximum absolute atomic E-state index is 11.8. The lowest BCUT2D eigenvalue weighted by Crippen LogP contribution is -2.32. The van der Waals surface area contributed by atoms with Crippen LogP contribution in [-0.4, -0.2) is 23.0 Å². The Morgan fingerprint density at radius 2 is 1.92 bits per heavy atom. The number of hydrogen-bond donors (Lipinski definition) is 2. The van der Waals surface area contributed by atoms with Crippen molar-refractivity contribution in [1.82, 2.24) is 5.43 Å². The highest BCUT2D eigenvalue weighted by molar-refractivity contribution is 6.39. The molecule has 0 atom stereocenters. The monoisotopic (exact) mass is 360 g/mol. The first-order valence-electron chi connectivity index (χ1n) is 7.02. The van der Waals surface area contributed by atoms with E-state index in [-0.39, 0.29) is 11.3 Å². The Hall–Kier alpha value is -3.26. The number of rotatable bonds is 4. The van der Waals surface area contributed by atoms with Crippen molar-refractivity contribution in [2.75, 3.05) is 5.32 Å². The first-order valence-corrected chi connectivity index (χ1v) is 7.40. The van der Waals surface area contributed by atoms with E-state index in [9.17, 15) is 19.7 Å². The number of hydrogen-bond acceptors (Lipinski definition) is 5. The van der Waals surface area contributed by atoms with E-state index in [0.29, 0.717) is 16.3 Å². The summed E-state index contributed by atoms with van der Waals surface area (Å²) in [4.78, 5) is 33.9. The Morgan fingerprint density at radius 1 is 1.20 bits per heavy atom. The highest BCUT2D eigenvalue weighted by atomic mass is 35.5. The molecule has 0 aliphatic heterocycles. The summed E-state index contributed by atoms with van der Waals surface area (Å²) in [5, 5.41) is 17.4. The summed E-state index contributed by atoms with van der Waals surface area (Å²) in [6.07, 6.45) is 1.09. The van der Waals surface area contributed by atoms with Gasteiger partial charge in [0.1, 0.15) is 0 Å². The van der Waals surface area contributed by atoms with Gasteiger partial charge in [-0.1, -0.05) is 23.7 Å². The zero-order valence-electron chi connectivity index (χ0n) is 13.0. The summed E-state index contributed by atoms with van der Waals surface area (Å²) >= 11 is 5.82. The van der Waals surface area contributed by atoms with Gasteiger partial charge in [-0.3, -0.25) is 19.7 Å². The number of amides is 2. The number of nitro groups is 1. The minimum atomic E-state index is -1.01. The predicted molar refractivity (Wildman–Crippen MR) is 93.7 cm³/mol. The van der Waals surface area contributed by atoms with Crippen LogP contribution in [0.4, 0.5) is 11.4 Å². The van der Waals surface area contributed by atoms with Crippen LogP contribution in [0.5, 0.6) is 0 Å². The Kier molecular flexibility index (Phi) is 5.80. The number of nitro benzene ring substituents is 1. The van der Waals surface area contributed by atoms with Crippen LogP contribution in [0.3, 0.4) is 0 Å². The number of carbonyl (C=O) groups is 2. The minimum Gasteiger partial charge on any atom is -0.317 e. The lowest BCUT2D eigenvalue weighted by atomic mass is 10.2. The molecular weight excluding hydrogens is 348 g/mol. The Bertz CT molecular complexity index is 867. The van der Waals surface area contributed by atoms with Gasteiger partial charge in [-0.05, 0) is 36.8 Å². The maximum atomic E-state index is 11.8. The molecule has 0 heterocycles. The third kappa shape index (κ3) is 4.85. The van der Waals surface area contributed by atoms with Gasteiger partial charge in [-0.25, -0.2) is 5.43 Å². The molecule has 0 bridgehead atoms. The molecule has 2 aromatic carbocycles. The van der Waals surface area contributed by atoms with E-state index in [2.05, 4.69) is 10.4 Å². The Balaban J connectivity index is 2.00. The van der Waals surface area contributed by atoms with E-state index in [0.717, 1.165) is 6.21 Å². The van der Waals surface area contributed by atoms with Crippen molar-refractivity contribution < 1.29 is 14.5 Å². The zero-order valence-corrected chi connectivity index (χ0v) is 13.8. The molecule has 128 valence electrons. The number of hydrazone groups is 1. The molecule has 0 aliphatic carbocycles. The third-order valence-corrected chi connectivity index (χ3v) is 3.38. The lowest BCUT2D eigenvalue weighted by Gasteiger charge is -2.07. The smallest absolute Gasteiger partial charge is 0.317 e. The first kappa shape index (κ1) is 18.1. The highest BCUT2D eigenvalue weighted by Gasteiger charge is 2.15. The molecule has 8 nitrogen and oxygen atoms in total. The van der Waals surface area contributed by atoms with Crippen molar-refractivity contribution in [2.24, 2.45) is 5.10 Å². The van der Waals surface area contributed by atoms with Gasteiger partial charge in [0, 0.05) is 16.8 Å². The molecule has 0 radical (unpaired) electrons. The van der Waals surface area contributed by atoms with Gasteiger partial charge < -0.3 is 5.32 Å². The Labute approximate surface area is 147 Å². The Morgan fingerprint density at radius 3 is 2.60 bits per heavy atom. The highest BCUT2D eigenvalue weighted by Crippen LogP contribution is 2.19. The number of aryl methyl sites for hydroxylation is 1. The quantitative estimate of drug-likeness (QED) is 0.377. The average molecular weight is 361 g/mol. The number of halogens is 1. The van der Waals surface area contributed by atoms with Gasteiger partial charge in [0.2, 0.25) is 0 Å². The zero-order chi connectivity index (χ0) is 18.4. The molecule has 2 N–H and O–H groups in total. The van der Waals surface area contributed by atoms with Crippen molar-refractivity contribution in [1.29, 1.82) is 0 Å². The van der Waals surface area contributed by atoms with Gasteiger partial charge >= 0.3 is 11.8 Å². The van der Waals surface area contributed by atoms with Crippen LogP contribution in [0.25, 0.3) is 0 Å². The molecule has 0 saturated heterocycles. The molecule has 0 saturated carbocycles. The molecule has 0 aromatic heterocycles. The van der Waals surface area contributed by atoms with Crippen molar-refractivity contribution in [2.45, 2.75) is 6.92 Å². The fraction of sp³-hybridized carbons (Fsp3) is 0.0625. The van der Waals surface area contributed by atoms with Gasteiger partial charge in [0.05, 0.1) is 16.7 Å². The summed E-state index contributed by atoms with van der Waals surface area (Å²) in [5.74, 6) is -1.94. The molecule has 2 amide bonds. The minimum absolute atomic E-state index is 0.165. The third-order valence-electron chi connectivity index (χ3n) is 3.15. The summed E-state index contributed by atoms with van der Waals surface area (Å²) < 4.78 is 0. The van der Waals surface area contributed by atoms with E-state index in [1.165, 1.54) is 18.2 Å². The largest absolute Gasteiger partial charge is 0.329 e. The summed E-state index contributed by atoms with van der Waals surface area (Å²) in [5.41, 5.74) is 3.18. The molecule has 0 fully saturated rings. The molecule has 9 heteroatoms. The summed E-state index contributed by atoms with van der Waals surface area (Å²) in [6.45, 7) is 1.73. The van der Waals surface area contributed by atoms with Crippen LogP contribution in [0.1, 0.15) is 11.1 Å². The molecule has 0 spiro atoms. The topological polar surface area (TPSA) is 114 Å². The number of nitrogens with zero attached hydrogens (tertiary/aromatic N) is 2. The van der Waals surface area contributed by atoms with E-state index >= 15 is 0 Å². The normalized spacial score (nSPS) is 10.5. The molecular formula is C16H13ClN4O4. The van der Waals surface area contributed by atoms with Crippen molar-refractivity contribution >= 4 is 41.0 Å². The number of benzene rings is 2. The molecule has 25 heavy (non-hydrogen) atoms. The predicted octanol–water partition coefficient (Wildman–Crippen LogP) is 2.65. The van der Waals surface area contributed by atoms with Crippen molar-refractivity contribution in [3.8, 4) is 0 Å². The average Bonchev–Trinajstić information content (AvgIpc) is 2.57. The second-order valence-electron chi connectivity index (χ2n) is 4.93. The first-order chi connectivity index (χ1) is 11.9. The second-order valence-corrected chi connectivity index (χ2v) is 5.36. The number of anilines is 1. The lowest BCUT2D eigenvalue weighted by molar-refractivity contribution is -0.385.